The number of aromatic nitrogens is 2. The average Bonchev–Trinajstić information content (AvgIpc) is 3.07. The summed E-state index contributed by atoms with van der Waals surface area (Å²) < 4.78 is 31.7. The first-order valence-corrected chi connectivity index (χ1v) is 9.04. The van der Waals surface area contributed by atoms with E-state index in [9.17, 15) is 13.2 Å². The van der Waals surface area contributed by atoms with Crippen LogP contribution < -0.4 is 0 Å². The third-order valence-electron chi connectivity index (χ3n) is 4.01. The molecule has 0 bridgehead atoms. The van der Waals surface area contributed by atoms with Crippen LogP contribution in [0.4, 0.5) is 0 Å². The van der Waals surface area contributed by atoms with E-state index in [1.165, 1.54) is 7.11 Å². The first-order chi connectivity index (χ1) is 10.9. The molecule has 0 spiro atoms. The number of hydrogen-bond acceptors (Lipinski definition) is 5. The quantitative estimate of drug-likeness (QED) is 0.798. The van der Waals surface area contributed by atoms with Gasteiger partial charge < -0.3 is 4.74 Å². The summed E-state index contributed by atoms with van der Waals surface area (Å²) in [5, 5.41) is 4.32. The SMILES string of the molecule is COC(=O)c1c(CS(=O)(=O)c2ccc(C)cc2)nn2c1CCC2. The van der Waals surface area contributed by atoms with E-state index < -0.39 is 15.8 Å². The molecule has 122 valence electrons. The Morgan fingerprint density at radius 1 is 1.30 bits per heavy atom. The van der Waals surface area contributed by atoms with Crippen molar-refractivity contribution in [3.63, 3.8) is 0 Å². The van der Waals surface area contributed by atoms with Crippen molar-refractivity contribution >= 4 is 15.8 Å². The van der Waals surface area contributed by atoms with E-state index >= 15 is 0 Å². The van der Waals surface area contributed by atoms with Crippen molar-refractivity contribution in [2.45, 2.75) is 37.0 Å². The van der Waals surface area contributed by atoms with Gasteiger partial charge in [0.15, 0.2) is 9.84 Å². The number of sulfone groups is 1. The van der Waals surface area contributed by atoms with Gasteiger partial charge in [-0.2, -0.15) is 5.10 Å². The number of rotatable bonds is 4. The van der Waals surface area contributed by atoms with Gasteiger partial charge in [-0.3, -0.25) is 4.68 Å². The van der Waals surface area contributed by atoms with Crippen molar-refractivity contribution in [3.05, 3.63) is 46.8 Å². The highest BCUT2D eigenvalue weighted by Gasteiger charge is 2.30. The van der Waals surface area contributed by atoms with Gasteiger partial charge in [-0.15, -0.1) is 0 Å². The zero-order chi connectivity index (χ0) is 16.6. The van der Waals surface area contributed by atoms with Gasteiger partial charge in [0, 0.05) is 6.54 Å². The van der Waals surface area contributed by atoms with Crippen molar-refractivity contribution in [3.8, 4) is 0 Å². The van der Waals surface area contributed by atoms with Gasteiger partial charge in [-0.1, -0.05) is 17.7 Å². The molecular formula is C16H18N2O4S. The van der Waals surface area contributed by atoms with Crippen LogP contribution in [-0.2, 0) is 33.3 Å². The fourth-order valence-electron chi connectivity index (χ4n) is 2.83. The Labute approximate surface area is 135 Å². The highest BCUT2D eigenvalue weighted by molar-refractivity contribution is 7.90. The zero-order valence-electron chi connectivity index (χ0n) is 13.1. The van der Waals surface area contributed by atoms with E-state index in [0.717, 1.165) is 17.7 Å². The molecule has 0 saturated carbocycles. The van der Waals surface area contributed by atoms with E-state index in [1.807, 2.05) is 6.92 Å². The first-order valence-electron chi connectivity index (χ1n) is 7.38. The van der Waals surface area contributed by atoms with Gasteiger partial charge in [0.25, 0.3) is 0 Å². The minimum absolute atomic E-state index is 0.229. The Morgan fingerprint density at radius 3 is 2.65 bits per heavy atom. The van der Waals surface area contributed by atoms with Crippen LogP contribution in [0.2, 0.25) is 0 Å². The van der Waals surface area contributed by atoms with Crippen LogP contribution >= 0.6 is 0 Å². The smallest absolute Gasteiger partial charge is 0.341 e. The first kappa shape index (κ1) is 15.7. The lowest BCUT2D eigenvalue weighted by Crippen LogP contribution is -2.11. The molecule has 1 aromatic carbocycles. The summed E-state index contributed by atoms with van der Waals surface area (Å²) in [6.45, 7) is 2.59. The zero-order valence-corrected chi connectivity index (χ0v) is 13.9. The molecule has 23 heavy (non-hydrogen) atoms. The van der Waals surface area contributed by atoms with E-state index in [1.54, 1.807) is 28.9 Å². The minimum atomic E-state index is -3.57. The van der Waals surface area contributed by atoms with E-state index in [-0.39, 0.29) is 16.3 Å². The van der Waals surface area contributed by atoms with Crippen molar-refractivity contribution in [1.29, 1.82) is 0 Å². The van der Waals surface area contributed by atoms with Crippen molar-refractivity contribution in [2.75, 3.05) is 7.11 Å². The number of nitrogens with zero attached hydrogens (tertiary/aromatic N) is 2. The highest BCUT2D eigenvalue weighted by atomic mass is 32.2. The summed E-state index contributed by atoms with van der Waals surface area (Å²) in [7, 11) is -2.27. The summed E-state index contributed by atoms with van der Waals surface area (Å²) in [5.41, 5.74) is 2.33. The normalized spacial score (nSPS) is 13.8. The molecule has 0 amide bonds. The standard InChI is InChI=1S/C16H18N2O4S/c1-11-5-7-12(8-6-11)23(20,21)10-13-15(16(19)22-2)14-4-3-9-18(14)17-13/h5-8H,3-4,9-10H2,1-2H3. The predicted octanol–water partition coefficient (Wildman–Crippen LogP) is 1.90. The molecule has 0 unspecified atom stereocenters. The van der Waals surface area contributed by atoms with Gasteiger partial charge in [0.2, 0.25) is 0 Å². The van der Waals surface area contributed by atoms with Crippen molar-refractivity contribution in [2.24, 2.45) is 0 Å². The molecule has 1 aromatic heterocycles. The van der Waals surface area contributed by atoms with Crippen molar-refractivity contribution in [1.82, 2.24) is 9.78 Å². The fourth-order valence-corrected chi connectivity index (χ4v) is 4.11. The number of esters is 1. The molecule has 2 heterocycles. The molecule has 0 fully saturated rings. The molecule has 1 aliphatic rings. The lowest BCUT2D eigenvalue weighted by Gasteiger charge is -2.05. The number of aryl methyl sites for hydroxylation is 2. The largest absolute Gasteiger partial charge is 0.465 e. The average molecular weight is 334 g/mol. The van der Waals surface area contributed by atoms with Crippen LogP contribution in [0.25, 0.3) is 0 Å². The summed E-state index contributed by atoms with van der Waals surface area (Å²) in [5.74, 6) is -0.831. The number of ether oxygens (including phenoxy) is 1. The Balaban J connectivity index is 2.00. The summed E-state index contributed by atoms with van der Waals surface area (Å²) >= 11 is 0. The second kappa shape index (κ2) is 5.81. The monoisotopic (exact) mass is 334 g/mol. The van der Waals surface area contributed by atoms with Gasteiger partial charge in [0.1, 0.15) is 5.56 Å². The van der Waals surface area contributed by atoms with Crippen LogP contribution in [0.3, 0.4) is 0 Å². The van der Waals surface area contributed by atoms with Gasteiger partial charge in [-0.05, 0) is 31.9 Å². The van der Waals surface area contributed by atoms with Gasteiger partial charge in [0.05, 0.1) is 29.1 Å². The lowest BCUT2D eigenvalue weighted by atomic mass is 10.1. The molecule has 0 saturated heterocycles. The lowest BCUT2D eigenvalue weighted by molar-refractivity contribution is 0.0598. The summed E-state index contributed by atoms with van der Waals surface area (Å²) in [4.78, 5) is 12.3. The molecule has 1 aliphatic heterocycles. The van der Waals surface area contributed by atoms with Crippen LogP contribution in [0.5, 0.6) is 0 Å². The Kier molecular flexibility index (Phi) is 3.97. The maximum absolute atomic E-state index is 12.6. The third-order valence-corrected chi connectivity index (χ3v) is 5.65. The van der Waals surface area contributed by atoms with E-state index in [4.69, 9.17) is 4.74 Å². The van der Waals surface area contributed by atoms with E-state index in [0.29, 0.717) is 18.5 Å². The second-order valence-corrected chi connectivity index (χ2v) is 7.65. The molecule has 0 radical (unpaired) electrons. The third kappa shape index (κ3) is 2.88. The maximum atomic E-state index is 12.6. The van der Waals surface area contributed by atoms with Crippen molar-refractivity contribution < 1.29 is 17.9 Å². The fraction of sp³-hybridized carbons (Fsp3) is 0.375. The molecule has 0 aliphatic carbocycles. The van der Waals surface area contributed by atoms with Crippen LogP contribution in [0, 0.1) is 6.92 Å². The molecular weight excluding hydrogens is 316 g/mol. The maximum Gasteiger partial charge on any atom is 0.341 e. The van der Waals surface area contributed by atoms with Gasteiger partial charge in [-0.25, -0.2) is 13.2 Å². The number of carbonyl (C=O) groups is 1. The number of fused-ring (bicyclic) bond motifs is 1. The van der Waals surface area contributed by atoms with Crippen LogP contribution in [-0.4, -0.2) is 31.3 Å². The second-order valence-electron chi connectivity index (χ2n) is 5.66. The topological polar surface area (TPSA) is 78.3 Å². The van der Waals surface area contributed by atoms with E-state index in [2.05, 4.69) is 5.10 Å². The van der Waals surface area contributed by atoms with Gasteiger partial charge >= 0.3 is 5.97 Å². The minimum Gasteiger partial charge on any atom is -0.465 e. The molecule has 6 nitrogen and oxygen atoms in total. The molecule has 7 heteroatoms. The molecule has 0 atom stereocenters. The van der Waals surface area contributed by atoms with Crippen LogP contribution in [0.15, 0.2) is 29.2 Å². The molecule has 3 rings (SSSR count). The Hall–Kier alpha value is -2.15. The number of hydrogen-bond donors (Lipinski definition) is 0. The highest BCUT2D eigenvalue weighted by Crippen LogP contribution is 2.26. The van der Waals surface area contributed by atoms with Crippen LogP contribution in [0.1, 0.15) is 33.7 Å². The Bertz CT molecular complexity index is 851. The predicted molar refractivity (Wildman–Crippen MR) is 84.0 cm³/mol. The number of methoxy groups -OCH3 is 1. The Morgan fingerprint density at radius 2 is 2.00 bits per heavy atom. The molecule has 2 aromatic rings. The molecule has 0 N–H and O–H groups in total. The number of benzene rings is 1. The summed E-state index contributed by atoms with van der Waals surface area (Å²) in [6.07, 6.45) is 1.61. The number of carbonyl (C=O) groups excluding carboxylic acids is 1. The summed E-state index contributed by atoms with van der Waals surface area (Å²) in [6, 6.07) is 6.65.